The summed E-state index contributed by atoms with van der Waals surface area (Å²) in [5.74, 6) is 0.431. The van der Waals surface area contributed by atoms with Gasteiger partial charge in [0.2, 0.25) is 0 Å². The van der Waals surface area contributed by atoms with Crippen LogP contribution >= 0.6 is 45.5 Å². The zero-order valence-electron chi connectivity index (χ0n) is 7.72. The highest BCUT2D eigenvalue weighted by molar-refractivity contribution is 14.1. The Morgan fingerprint density at radius 1 is 1.79 bits per heavy atom. The van der Waals surface area contributed by atoms with Crippen molar-refractivity contribution in [2.45, 2.75) is 19.4 Å². The molecule has 1 aromatic rings. The first kappa shape index (κ1) is 12.3. The number of hydrogen-bond donors (Lipinski definition) is 1. The molecule has 1 aromatic heterocycles. The normalized spacial score (nSPS) is 12.5. The Morgan fingerprint density at radius 2 is 2.50 bits per heavy atom. The summed E-state index contributed by atoms with van der Waals surface area (Å²) in [6.07, 6.45) is 0.858. The summed E-state index contributed by atoms with van der Waals surface area (Å²) in [5.41, 5.74) is 0.725. The lowest BCUT2D eigenvalue weighted by Gasteiger charge is -2.12. The van der Waals surface area contributed by atoms with Crippen molar-refractivity contribution in [3.8, 4) is 0 Å². The van der Waals surface area contributed by atoms with Crippen molar-refractivity contribution >= 4 is 51.4 Å². The first-order chi connectivity index (χ1) is 6.67. The quantitative estimate of drug-likeness (QED) is 0.660. The SMILES string of the molecule is CCC(CCl)NC(=O)c1csc(I)c1. The van der Waals surface area contributed by atoms with Crippen molar-refractivity contribution < 1.29 is 4.79 Å². The standard InChI is InChI=1S/C9H11ClINOS/c1-2-7(4-10)12-9(13)6-3-8(11)14-5-6/h3,5,7H,2,4H2,1H3,(H,12,13). The smallest absolute Gasteiger partial charge is 0.252 e. The first-order valence-electron chi connectivity index (χ1n) is 4.28. The second kappa shape index (κ2) is 5.92. The van der Waals surface area contributed by atoms with Gasteiger partial charge in [-0.15, -0.1) is 22.9 Å². The molecule has 0 bridgehead atoms. The summed E-state index contributed by atoms with van der Waals surface area (Å²) in [6.45, 7) is 2.00. The van der Waals surface area contributed by atoms with Gasteiger partial charge in [0.15, 0.2) is 0 Å². The molecule has 0 spiro atoms. The molecule has 0 aliphatic heterocycles. The van der Waals surface area contributed by atoms with Crippen molar-refractivity contribution in [2.24, 2.45) is 0 Å². The van der Waals surface area contributed by atoms with Gasteiger partial charge in [-0.2, -0.15) is 0 Å². The molecule has 0 aromatic carbocycles. The van der Waals surface area contributed by atoms with E-state index in [0.717, 1.165) is 14.9 Å². The number of amides is 1. The third kappa shape index (κ3) is 3.40. The Hall–Kier alpha value is 0.190. The molecule has 1 atom stereocenters. The number of carbonyl (C=O) groups excluding carboxylic acids is 1. The average Bonchev–Trinajstić information content (AvgIpc) is 2.61. The van der Waals surface area contributed by atoms with Crippen LogP contribution in [0.5, 0.6) is 0 Å². The molecule has 1 amide bonds. The van der Waals surface area contributed by atoms with Crippen LogP contribution in [-0.4, -0.2) is 17.8 Å². The minimum atomic E-state index is -0.0309. The lowest BCUT2D eigenvalue weighted by atomic mass is 10.2. The number of carbonyl (C=O) groups is 1. The maximum Gasteiger partial charge on any atom is 0.252 e. The molecule has 2 nitrogen and oxygen atoms in total. The molecule has 0 aliphatic rings. The van der Waals surface area contributed by atoms with Gasteiger partial charge in [0.05, 0.1) is 8.45 Å². The van der Waals surface area contributed by atoms with E-state index in [-0.39, 0.29) is 11.9 Å². The molecule has 1 rings (SSSR count). The minimum absolute atomic E-state index is 0.0309. The third-order valence-electron chi connectivity index (χ3n) is 1.84. The van der Waals surface area contributed by atoms with E-state index in [1.807, 2.05) is 18.4 Å². The fourth-order valence-electron chi connectivity index (χ4n) is 0.948. The van der Waals surface area contributed by atoms with Crippen LogP contribution in [-0.2, 0) is 0 Å². The fraction of sp³-hybridized carbons (Fsp3) is 0.444. The number of nitrogens with one attached hydrogen (secondary N) is 1. The van der Waals surface area contributed by atoms with Crippen LogP contribution in [0.2, 0.25) is 0 Å². The number of alkyl halides is 1. The maximum atomic E-state index is 11.6. The molecule has 1 heterocycles. The van der Waals surface area contributed by atoms with E-state index in [9.17, 15) is 4.79 Å². The average molecular weight is 344 g/mol. The molecule has 14 heavy (non-hydrogen) atoms. The zero-order valence-corrected chi connectivity index (χ0v) is 11.4. The summed E-state index contributed by atoms with van der Waals surface area (Å²) in [4.78, 5) is 11.6. The topological polar surface area (TPSA) is 29.1 Å². The van der Waals surface area contributed by atoms with Gasteiger partial charge in [-0.1, -0.05) is 6.92 Å². The predicted octanol–water partition coefficient (Wildman–Crippen LogP) is 3.10. The first-order valence-corrected chi connectivity index (χ1v) is 6.77. The van der Waals surface area contributed by atoms with Crippen molar-refractivity contribution in [1.29, 1.82) is 0 Å². The van der Waals surface area contributed by atoms with Crippen LogP contribution in [0.25, 0.3) is 0 Å². The fourth-order valence-corrected chi connectivity index (χ4v) is 2.57. The number of rotatable bonds is 4. The predicted molar refractivity (Wildman–Crippen MR) is 69.3 cm³/mol. The molecule has 0 radical (unpaired) electrons. The third-order valence-corrected chi connectivity index (χ3v) is 4.01. The summed E-state index contributed by atoms with van der Waals surface area (Å²) >= 11 is 9.46. The largest absolute Gasteiger partial charge is 0.348 e. The Morgan fingerprint density at radius 3 is 2.93 bits per heavy atom. The molecule has 0 saturated carbocycles. The molecule has 1 N–H and O–H groups in total. The second-order valence-corrected chi connectivity index (χ2v) is 5.99. The van der Waals surface area contributed by atoms with Gasteiger partial charge in [-0.3, -0.25) is 4.79 Å². The highest BCUT2D eigenvalue weighted by Gasteiger charge is 2.12. The van der Waals surface area contributed by atoms with E-state index in [4.69, 9.17) is 11.6 Å². The highest BCUT2D eigenvalue weighted by atomic mass is 127. The molecule has 78 valence electrons. The Kier molecular flexibility index (Phi) is 5.19. The number of thiophene rings is 1. The van der Waals surface area contributed by atoms with E-state index in [1.165, 1.54) is 0 Å². The summed E-state index contributed by atoms with van der Waals surface area (Å²) in [7, 11) is 0. The van der Waals surface area contributed by atoms with E-state index < -0.39 is 0 Å². The molecule has 0 fully saturated rings. The highest BCUT2D eigenvalue weighted by Crippen LogP contribution is 2.16. The van der Waals surface area contributed by atoms with Crippen molar-refractivity contribution in [1.82, 2.24) is 5.32 Å². The molecule has 0 saturated heterocycles. The van der Waals surface area contributed by atoms with E-state index in [0.29, 0.717) is 5.88 Å². The molecule has 0 aliphatic carbocycles. The summed E-state index contributed by atoms with van der Waals surface area (Å²) in [6, 6.07) is 1.95. The van der Waals surface area contributed by atoms with Crippen LogP contribution in [0.4, 0.5) is 0 Å². The zero-order chi connectivity index (χ0) is 10.6. The van der Waals surface area contributed by atoms with Gasteiger partial charge in [0.25, 0.3) is 5.91 Å². The Balaban J connectivity index is 2.58. The number of hydrogen-bond acceptors (Lipinski definition) is 2. The lowest BCUT2D eigenvalue weighted by molar-refractivity contribution is 0.0940. The van der Waals surface area contributed by atoms with Gasteiger partial charge in [-0.05, 0) is 35.1 Å². The van der Waals surface area contributed by atoms with Crippen LogP contribution in [0.3, 0.4) is 0 Å². The van der Waals surface area contributed by atoms with Crippen molar-refractivity contribution in [3.05, 3.63) is 19.9 Å². The van der Waals surface area contributed by atoms with Crippen LogP contribution in [0.15, 0.2) is 11.4 Å². The van der Waals surface area contributed by atoms with Gasteiger partial charge in [0.1, 0.15) is 0 Å². The van der Waals surface area contributed by atoms with Crippen LogP contribution in [0, 0.1) is 2.88 Å². The monoisotopic (exact) mass is 343 g/mol. The van der Waals surface area contributed by atoms with Crippen molar-refractivity contribution in [3.63, 3.8) is 0 Å². The second-order valence-electron chi connectivity index (χ2n) is 2.87. The Labute approximate surface area is 106 Å². The van der Waals surface area contributed by atoms with E-state index in [1.54, 1.807) is 11.3 Å². The van der Waals surface area contributed by atoms with Gasteiger partial charge in [-0.25, -0.2) is 0 Å². The van der Waals surface area contributed by atoms with E-state index in [2.05, 4.69) is 27.9 Å². The van der Waals surface area contributed by atoms with Gasteiger partial charge >= 0.3 is 0 Å². The molecular weight excluding hydrogens is 333 g/mol. The molecular formula is C9H11ClINOS. The van der Waals surface area contributed by atoms with E-state index >= 15 is 0 Å². The van der Waals surface area contributed by atoms with Crippen molar-refractivity contribution in [2.75, 3.05) is 5.88 Å². The Bertz CT molecular complexity index is 312. The molecule has 1 unspecified atom stereocenters. The molecule has 5 heteroatoms. The van der Waals surface area contributed by atoms with Gasteiger partial charge in [0, 0.05) is 17.3 Å². The van der Waals surface area contributed by atoms with Crippen LogP contribution < -0.4 is 5.32 Å². The summed E-state index contributed by atoms with van der Waals surface area (Å²) < 4.78 is 1.12. The maximum absolute atomic E-state index is 11.6. The summed E-state index contributed by atoms with van der Waals surface area (Å²) in [5, 5.41) is 4.74. The van der Waals surface area contributed by atoms with Crippen LogP contribution in [0.1, 0.15) is 23.7 Å². The number of halogens is 2. The minimum Gasteiger partial charge on any atom is -0.348 e. The van der Waals surface area contributed by atoms with Gasteiger partial charge < -0.3 is 5.32 Å². The lowest BCUT2D eigenvalue weighted by Crippen LogP contribution is -2.35.